The highest BCUT2D eigenvalue weighted by atomic mass is 32.2. The number of methoxy groups -OCH3 is 2. The van der Waals surface area contributed by atoms with E-state index in [-0.39, 0.29) is 28.0 Å². The first-order valence-electron chi connectivity index (χ1n) is 10.2. The molecule has 0 radical (unpaired) electrons. The van der Waals surface area contributed by atoms with Gasteiger partial charge in [0.25, 0.3) is 11.1 Å². The summed E-state index contributed by atoms with van der Waals surface area (Å²) in [6.07, 6.45) is 1.29. The van der Waals surface area contributed by atoms with Crippen LogP contribution in [0.5, 0.6) is 17.2 Å². The van der Waals surface area contributed by atoms with Gasteiger partial charge in [-0.3, -0.25) is 10.1 Å². The van der Waals surface area contributed by atoms with Crippen LogP contribution in [0.4, 0.5) is 5.13 Å². The van der Waals surface area contributed by atoms with Gasteiger partial charge in [0.2, 0.25) is 15.0 Å². The summed E-state index contributed by atoms with van der Waals surface area (Å²) in [6, 6.07) is 12.6. The number of esters is 1. The minimum atomic E-state index is -3.63. The lowest BCUT2D eigenvalue weighted by molar-refractivity contribution is -0.112. The Kier molecular flexibility index (Phi) is 8.36. The van der Waals surface area contributed by atoms with Gasteiger partial charge >= 0.3 is 5.97 Å². The van der Waals surface area contributed by atoms with Crippen LogP contribution >= 0.6 is 11.5 Å². The van der Waals surface area contributed by atoms with Crippen molar-refractivity contribution in [3.05, 3.63) is 59.2 Å². The van der Waals surface area contributed by atoms with Gasteiger partial charge < -0.3 is 14.2 Å². The van der Waals surface area contributed by atoms with Gasteiger partial charge in [-0.2, -0.15) is 14.6 Å². The Hall–Kier alpha value is -4.28. The van der Waals surface area contributed by atoms with Crippen LogP contribution in [0.3, 0.4) is 0 Å². The van der Waals surface area contributed by atoms with E-state index < -0.39 is 26.9 Å². The van der Waals surface area contributed by atoms with Crippen molar-refractivity contribution in [3.63, 3.8) is 0 Å². The summed E-state index contributed by atoms with van der Waals surface area (Å²) < 4.78 is 43.2. The lowest BCUT2D eigenvalue weighted by Gasteiger charge is -2.10. The van der Waals surface area contributed by atoms with Crippen LogP contribution in [0, 0.1) is 11.3 Å². The first-order valence-corrected chi connectivity index (χ1v) is 12.7. The van der Waals surface area contributed by atoms with Crippen LogP contribution in [-0.4, -0.2) is 49.6 Å². The molecule has 3 rings (SSSR count). The Morgan fingerprint density at radius 2 is 1.83 bits per heavy atom. The number of benzene rings is 2. The van der Waals surface area contributed by atoms with Gasteiger partial charge in [-0.25, -0.2) is 13.2 Å². The van der Waals surface area contributed by atoms with Gasteiger partial charge in [0, 0.05) is 11.5 Å². The van der Waals surface area contributed by atoms with Crippen molar-refractivity contribution in [1.82, 2.24) is 9.36 Å². The molecule has 186 valence electrons. The molecule has 36 heavy (non-hydrogen) atoms. The maximum atomic E-state index is 12.5. The number of ether oxygens (including phenoxy) is 3. The quantitative estimate of drug-likeness (QED) is 0.189. The molecule has 0 fully saturated rings. The van der Waals surface area contributed by atoms with E-state index in [2.05, 4.69) is 14.7 Å². The number of rotatable bonds is 9. The molecule has 11 nitrogen and oxygen atoms in total. The highest BCUT2D eigenvalue weighted by molar-refractivity contribution is 7.91. The van der Waals surface area contributed by atoms with Gasteiger partial charge in [0.1, 0.15) is 17.4 Å². The second-order valence-corrected chi connectivity index (χ2v) is 9.86. The molecule has 3 aromatic rings. The molecule has 0 unspecified atom stereocenters. The monoisotopic (exact) mass is 528 g/mol. The zero-order valence-corrected chi connectivity index (χ0v) is 21.0. The lowest BCUT2D eigenvalue weighted by Crippen LogP contribution is -2.14. The average Bonchev–Trinajstić information content (AvgIpc) is 3.37. The van der Waals surface area contributed by atoms with Gasteiger partial charge in [0.15, 0.2) is 11.5 Å². The molecule has 0 bridgehead atoms. The Morgan fingerprint density at radius 1 is 1.11 bits per heavy atom. The summed E-state index contributed by atoms with van der Waals surface area (Å²) in [6.45, 7) is 1.45. The van der Waals surface area contributed by atoms with Crippen molar-refractivity contribution in [2.24, 2.45) is 0 Å². The van der Waals surface area contributed by atoms with E-state index in [1.54, 1.807) is 30.3 Å². The molecule has 0 aliphatic carbocycles. The van der Waals surface area contributed by atoms with Crippen LogP contribution in [0.1, 0.15) is 22.8 Å². The zero-order valence-electron chi connectivity index (χ0n) is 19.3. The lowest BCUT2D eigenvalue weighted by atomic mass is 10.1. The van der Waals surface area contributed by atoms with Gasteiger partial charge in [-0.05, 0) is 48.0 Å². The minimum absolute atomic E-state index is 0.0634. The molecule has 0 atom stereocenters. The third-order valence-electron chi connectivity index (χ3n) is 4.68. The van der Waals surface area contributed by atoms with Crippen molar-refractivity contribution in [1.29, 1.82) is 5.26 Å². The maximum Gasteiger partial charge on any atom is 0.343 e. The molecule has 1 amide bonds. The molecular formula is C23H20N4O7S2. The molecule has 0 saturated carbocycles. The molecule has 1 aromatic heterocycles. The Bertz CT molecular complexity index is 1460. The van der Waals surface area contributed by atoms with Crippen LogP contribution in [0.25, 0.3) is 6.08 Å². The summed E-state index contributed by atoms with van der Waals surface area (Å²) >= 11 is 0.684. The summed E-state index contributed by atoms with van der Waals surface area (Å²) in [5, 5.41) is 11.4. The number of nitrogens with zero attached hydrogens (tertiary/aromatic N) is 3. The number of hydrogen-bond donors (Lipinski definition) is 1. The minimum Gasteiger partial charge on any atom is -0.497 e. The van der Waals surface area contributed by atoms with E-state index in [0.717, 1.165) is 0 Å². The number of amides is 1. The normalized spacial score (nSPS) is 11.3. The first-order chi connectivity index (χ1) is 17.2. The Labute approximate surface area is 211 Å². The molecule has 2 aromatic carbocycles. The van der Waals surface area contributed by atoms with Gasteiger partial charge in [-0.1, -0.05) is 13.0 Å². The number of hydrogen-bond acceptors (Lipinski definition) is 11. The number of nitriles is 1. The van der Waals surface area contributed by atoms with Crippen molar-refractivity contribution >= 4 is 44.5 Å². The third-order valence-corrected chi connectivity index (χ3v) is 6.92. The first kappa shape index (κ1) is 26.3. The number of sulfone groups is 1. The Balaban J connectivity index is 1.77. The van der Waals surface area contributed by atoms with Crippen molar-refractivity contribution in [2.45, 2.75) is 12.1 Å². The molecule has 0 saturated heterocycles. The molecule has 0 spiro atoms. The summed E-state index contributed by atoms with van der Waals surface area (Å²) in [4.78, 5) is 28.8. The summed E-state index contributed by atoms with van der Waals surface area (Å²) in [5.41, 5.74) is 0.432. The third kappa shape index (κ3) is 6.23. The number of carbonyl (C=O) groups is 2. The van der Waals surface area contributed by atoms with Gasteiger partial charge in [0.05, 0.1) is 25.5 Å². The molecule has 13 heteroatoms. The molecule has 1 N–H and O–H groups in total. The SMILES string of the molecule is CCS(=O)(=O)c1nsc(NC(=O)/C(C#N)=C\c2ccc(OC(=O)c3ccc(OC)cc3)c(OC)c2)n1. The van der Waals surface area contributed by atoms with Crippen LogP contribution < -0.4 is 19.5 Å². The second kappa shape index (κ2) is 11.4. The molecule has 0 aliphatic heterocycles. The summed E-state index contributed by atoms with van der Waals surface area (Å²) in [7, 11) is -0.734. The van der Waals surface area contributed by atoms with Crippen molar-refractivity contribution in [2.75, 3.05) is 25.3 Å². The fourth-order valence-corrected chi connectivity index (χ4v) is 4.32. The van der Waals surface area contributed by atoms with Crippen molar-refractivity contribution < 1.29 is 32.2 Å². The number of nitrogens with one attached hydrogen (secondary N) is 1. The summed E-state index contributed by atoms with van der Waals surface area (Å²) in [5.74, 6) is -0.678. The van der Waals surface area contributed by atoms with E-state index in [1.165, 1.54) is 45.4 Å². The average molecular weight is 529 g/mol. The molecule has 0 aliphatic rings. The van der Waals surface area contributed by atoms with Crippen LogP contribution in [0.2, 0.25) is 0 Å². The number of carbonyl (C=O) groups excluding carboxylic acids is 2. The van der Waals surface area contributed by atoms with E-state index in [1.807, 2.05) is 0 Å². The van der Waals surface area contributed by atoms with E-state index in [0.29, 0.717) is 28.4 Å². The largest absolute Gasteiger partial charge is 0.497 e. The predicted molar refractivity (Wildman–Crippen MR) is 131 cm³/mol. The van der Waals surface area contributed by atoms with Crippen LogP contribution in [-0.2, 0) is 14.6 Å². The van der Waals surface area contributed by atoms with E-state index in [9.17, 15) is 23.3 Å². The maximum absolute atomic E-state index is 12.5. The standard InChI is InChI=1S/C23H20N4O7S2/c1-4-36(30,31)23-26-22(35-27-23)25-20(28)16(13-24)11-14-5-10-18(19(12-14)33-3)34-21(29)15-6-8-17(32-2)9-7-15/h5-12H,4H2,1-3H3,(H,25,26,27,28)/b16-11-. The van der Waals surface area contributed by atoms with E-state index >= 15 is 0 Å². The van der Waals surface area contributed by atoms with E-state index in [4.69, 9.17) is 14.2 Å². The van der Waals surface area contributed by atoms with Gasteiger partial charge in [-0.15, -0.1) is 0 Å². The highest BCUT2D eigenvalue weighted by Crippen LogP contribution is 2.30. The number of anilines is 1. The molecular weight excluding hydrogens is 508 g/mol. The zero-order chi connectivity index (χ0) is 26.3. The number of aromatic nitrogens is 2. The molecule has 1 heterocycles. The van der Waals surface area contributed by atoms with Crippen molar-refractivity contribution in [3.8, 4) is 23.3 Å². The smallest absolute Gasteiger partial charge is 0.343 e. The highest BCUT2D eigenvalue weighted by Gasteiger charge is 2.20. The van der Waals surface area contributed by atoms with Crippen LogP contribution in [0.15, 0.2) is 53.2 Å². The fraction of sp³-hybridized carbons (Fsp3) is 0.174. The fourth-order valence-electron chi connectivity index (χ4n) is 2.74. The second-order valence-electron chi connectivity index (χ2n) is 6.94. The Morgan fingerprint density at radius 3 is 2.44 bits per heavy atom. The topological polar surface area (TPSA) is 158 Å². The predicted octanol–water partition coefficient (Wildman–Crippen LogP) is 3.11.